The fourth-order valence-corrected chi connectivity index (χ4v) is 3.94. The highest BCUT2D eigenvalue weighted by atomic mass is 32.2. The molecule has 0 heterocycles. The lowest BCUT2D eigenvalue weighted by atomic mass is 9.88. The smallest absolute Gasteiger partial charge is 0.326 e. The fourth-order valence-electron chi connectivity index (χ4n) is 2.78. The lowest BCUT2D eigenvalue weighted by Crippen LogP contribution is -2.47. The van der Waals surface area contributed by atoms with Gasteiger partial charge >= 0.3 is 5.97 Å². The van der Waals surface area contributed by atoms with E-state index in [0.29, 0.717) is 44.6 Å². The van der Waals surface area contributed by atoms with E-state index < -0.39 is 23.0 Å². The molecule has 0 aromatic heterocycles. The molecule has 0 bridgehead atoms. The molecule has 0 spiro atoms. The Balaban J connectivity index is 4.50. The summed E-state index contributed by atoms with van der Waals surface area (Å²) >= 11 is 1.71. The summed E-state index contributed by atoms with van der Waals surface area (Å²) in [4.78, 5) is 35.9. The van der Waals surface area contributed by atoms with Crippen LogP contribution in [0.15, 0.2) is 0 Å². The Hall–Kier alpha value is -1.28. The molecule has 0 rings (SSSR count). The summed E-state index contributed by atoms with van der Waals surface area (Å²) in [6.45, 7) is 16.8. The number of nitrogens with one attached hydrogen (secondary N) is 2. The molecular weight excluding hydrogens is 428 g/mol. The molecule has 0 radical (unpaired) electrons. The van der Waals surface area contributed by atoms with Crippen molar-refractivity contribution < 1.29 is 24.2 Å². The van der Waals surface area contributed by atoms with Gasteiger partial charge in [0.25, 0.3) is 0 Å². The topological polar surface area (TPSA) is 105 Å². The monoisotopic (exact) mass is 474 g/mol. The van der Waals surface area contributed by atoms with E-state index in [0.717, 1.165) is 12.2 Å². The van der Waals surface area contributed by atoms with Crippen molar-refractivity contribution in [2.24, 2.45) is 10.8 Å². The van der Waals surface area contributed by atoms with Crippen LogP contribution in [0.2, 0.25) is 0 Å². The second kappa shape index (κ2) is 14.1. The molecule has 0 saturated carbocycles. The van der Waals surface area contributed by atoms with Crippen LogP contribution in [0.3, 0.4) is 0 Å². The van der Waals surface area contributed by atoms with Gasteiger partial charge in [-0.25, -0.2) is 4.79 Å². The molecule has 188 valence electrons. The fraction of sp³-hybridized carbons (Fsp3) is 0.875. The molecule has 3 N–H and O–H groups in total. The van der Waals surface area contributed by atoms with Gasteiger partial charge in [-0.15, -0.1) is 0 Å². The molecule has 8 heteroatoms. The molecule has 0 aliphatic heterocycles. The molecule has 0 aliphatic carbocycles. The molecule has 7 nitrogen and oxygen atoms in total. The van der Waals surface area contributed by atoms with Crippen molar-refractivity contribution in [3.63, 3.8) is 0 Å². The van der Waals surface area contributed by atoms with Gasteiger partial charge < -0.3 is 20.5 Å². The number of hydrogen-bond donors (Lipinski definition) is 3. The quantitative estimate of drug-likeness (QED) is 0.289. The van der Waals surface area contributed by atoms with Gasteiger partial charge in [-0.2, -0.15) is 11.8 Å². The SMILES string of the molecule is CCCC(=O)NCCC(C)(C)OCCC(C)(C)C(=O)NC(CCSCC(C)(C)C)C(=O)O. The van der Waals surface area contributed by atoms with Gasteiger partial charge in [0.2, 0.25) is 11.8 Å². The lowest BCUT2D eigenvalue weighted by molar-refractivity contribution is -0.144. The second-order valence-electron chi connectivity index (χ2n) is 10.9. The average molecular weight is 475 g/mol. The molecule has 1 unspecified atom stereocenters. The van der Waals surface area contributed by atoms with E-state index in [1.54, 1.807) is 25.6 Å². The predicted molar refractivity (Wildman–Crippen MR) is 132 cm³/mol. The second-order valence-corrected chi connectivity index (χ2v) is 12.0. The van der Waals surface area contributed by atoms with Crippen LogP contribution in [0, 0.1) is 10.8 Å². The summed E-state index contributed by atoms with van der Waals surface area (Å²) in [5, 5.41) is 15.1. The number of carbonyl (C=O) groups is 3. The zero-order chi connectivity index (χ0) is 25.0. The first-order valence-corrected chi connectivity index (χ1v) is 12.8. The first kappa shape index (κ1) is 30.7. The highest BCUT2D eigenvalue weighted by Crippen LogP contribution is 2.24. The minimum Gasteiger partial charge on any atom is -0.480 e. The van der Waals surface area contributed by atoms with Gasteiger partial charge in [0.15, 0.2) is 0 Å². The summed E-state index contributed by atoms with van der Waals surface area (Å²) in [6, 6.07) is -0.890. The minimum absolute atomic E-state index is 0.0471. The van der Waals surface area contributed by atoms with Crippen LogP contribution < -0.4 is 10.6 Å². The Kier molecular flexibility index (Phi) is 13.5. The molecule has 0 fully saturated rings. The zero-order valence-corrected chi connectivity index (χ0v) is 22.2. The number of ether oxygens (including phenoxy) is 1. The van der Waals surface area contributed by atoms with E-state index in [-0.39, 0.29) is 17.2 Å². The molecule has 1 atom stereocenters. The summed E-state index contributed by atoms with van der Waals surface area (Å²) in [7, 11) is 0. The van der Waals surface area contributed by atoms with Crippen LogP contribution in [0.1, 0.15) is 87.5 Å². The first-order chi connectivity index (χ1) is 14.6. The van der Waals surface area contributed by atoms with Gasteiger partial charge in [0, 0.05) is 25.0 Å². The third-order valence-corrected chi connectivity index (χ3v) is 6.64. The van der Waals surface area contributed by atoms with E-state index in [1.165, 1.54) is 0 Å². The number of carboxylic acids is 1. The largest absolute Gasteiger partial charge is 0.480 e. The van der Waals surface area contributed by atoms with Gasteiger partial charge in [0.05, 0.1) is 5.60 Å². The van der Waals surface area contributed by atoms with Crippen LogP contribution in [0.25, 0.3) is 0 Å². The highest BCUT2D eigenvalue weighted by Gasteiger charge is 2.32. The molecule has 0 aliphatic rings. The van der Waals surface area contributed by atoms with Crippen molar-refractivity contribution in [2.75, 3.05) is 24.7 Å². The van der Waals surface area contributed by atoms with Gasteiger partial charge in [-0.1, -0.05) is 41.5 Å². The Labute approximate surface area is 199 Å². The Morgan fingerprint density at radius 1 is 1.03 bits per heavy atom. The summed E-state index contributed by atoms with van der Waals surface area (Å²) in [6.07, 6.45) is 2.88. The maximum atomic E-state index is 12.8. The van der Waals surface area contributed by atoms with Crippen molar-refractivity contribution in [1.82, 2.24) is 10.6 Å². The average Bonchev–Trinajstić information content (AvgIpc) is 2.62. The van der Waals surface area contributed by atoms with Crippen LogP contribution in [0.4, 0.5) is 0 Å². The number of thioether (sulfide) groups is 1. The predicted octanol–water partition coefficient (Wildman–Crippen LogP) is 4.24. The van der Waals surface area contributed by atoms with Gasteiger partial charge in [-0.05, 0) is 56.5 Å². The third-order valence-electron chi connectivity index (χ3n) is 5.05. The summed E-state index contributed by atoms with van der Waals surface area (Å²) in [5.41, 5.74) is -0.999. The first-order valence-electron chi connectivity index (χ1n) is 11.6. The zero-order valence-electron chi connectivity index (χ0n) is 21.4. The van der Waals surface area contributed by atoms with Crippen LogP contribution >= 0.6 is 11.8 Å². The van der Waals surface area contributed by atoms with Crippen molar-refractivity contribution in [1.29, 1.82) is 0 Å². The molecule has 32 heavy (non-hydrogen) atoms. The van der Waals surface area contributed by atoms with Crippen LogP contribution in [-0.4, -0.2) is 59.2 Å². The standard InChI is InChI=1S/C24H46N2O5S/c1-9-10-19(27)25-14-12-24(7,8)31-15-13-23(5,6)21(30)26-18(20(28)29)11-16-32-17-22(2,3)4/h18H,9-17H2,1-8H3,(H,25,27)(H,26,30)(H,28,29). The van der Waals surface area contributed by atoms with Crippen molar-refractivity contribution in [2.45, 2.75) is 99.1 Å². The lowest BCUT2D eigenvalue weighted by Gasteiger charge is -2.30. The molecule has 0 saturated heterocycles. The van der Waals surface area contributed by atoms with E-state index in [2.05, 4.69) is 31.4 Å². The maximum absolute atomic E-state index is 12.8. The minimum atomic E-state index is -1.01. The summed E-state index contributed by atoms with van der Waals surface area (Å²) in [5.74, 6) is 0.382. The van der Waals surface area contributed by atoms with Gasteiger partial charge in [0.1, 0.15) is 6.04 Å². The number of aliphatic carboxylic acids is 1. The van der Waals surface area contributed by atoms with Crippen molar-refractivity contribution in [3.05, 3.63) is 0 Å². The van der Waals surface area contributed by atoms with E-state index in [9.17, 15) is 19.5 Å². The molecule has 2 amide bonds. The number of hydrogen-bond acceptors (Lipinski definition) is 5. The van der Waals surface area contributed by atoms with Crippen LogP contribution in [-0.2, 0) is 19.1 Å². The highest BCUT2D eigenvalue weighted by molar-refractivity contribution is 7.99. The number of carboxylic acid groups (broad SMARTS) is 1. The van der Waals surface area contributed by atoms with E-state index >= 15 is 0 Å². The number of carbonyl (C=O) groups excluding carboxylic acids is 2. The van der Waals surface area contributed by atoms with Crippen molar-refractivity contribution >= 4 is 29.5 Å². The van der Waals surface area contributed by atoms with Crippen molar-refractivity contribution in [3.8, 4) is 0 Å². The number of rotatable bonds is 16. The normalized spacial score (nSPS) is 13.5. The van der Waals surface area contributed by atoms with Gasteiger partial charge in [-0.3, -0.25) is 9.59 Å². The molecule has 0 aromatic carbocycles. The van der Waals surface area contributed by atoms with E-state index in [1.807, 2.05) is 20.8 Å². The van der Waals surface area contributed by atoms with Crippen LogP contribution in [0.5, 0.6) is 0 Å². The van der Waals surface area contributed by atoms with E-state index in [4.69, 9.17) is 4.74 Å². The Bertz CT molecular complexity index is 600. The third kappa shape index (κ3) is 14.7. The Morgan fingerprint density at radius 3 is 2.19 bits per heavy atom. The number of amides is 2. The molecule has 0 aromatic rings. The maximum Gasteiger partial charge on any atom is 0.326 e. The summed E-state index contributed by atoms with van der Waals surface area (Å²) < 4.78 is 5.97. The molecular formula is C24H46N2O5S. The Morgan fingerprint density at radius 2 is 1.66 bits per heavy atom.